The van der Waals surface area contributed by atoms with E-state index in [4.69, 9.17) is 4.98 Å². The molecule has 0 radical (unpaired) electrons. The summed E-state index contributed by atoms with van der Waals surface area (Å²) in [6, 6.07) is 10.4. The molecule has 0 bridgehead atoms. The quantitative estimate of drug-likeness (QED) is 0.377. The third-order valence-corrected chi connectivity index (χ3v) is 6.66. The van der Waals surface area contributed by atoms with Gasteiger partial charge in [-0.15, -0.1) is 11.3 Å². The highest BCUT2D eigenvalue weighted by Crippen LogP contribution is 2.35. The summed E-state index contributed by atoms with van der Waals surface area (Å²) in [6.45, 7) is 9.81. The normalized spacial score (nSPS) is 11.2. The molecule has 7 heteroatoms. The van der Waals surface area contributed by atoms with Crippen LogP contribution in [-0.2, 0) is 10.5 Å². The average molecular weight is 437 g/mol. The lowest BCUT2D eigenvalue weighted by Gasteiger charge is -2.23. The van der Waals surface area contributed by atoms with Crippen molar-refractivity contribution in [3.63, 3.8) is 0 Å². The number of nitrogens with one attached hydrogen (secondary N) is 1. The van der Waals surface area contributed by atoms with Gasteiger partial charge in [-0.3, -0.25) is 9.69 Å². The van der Waals surface area contributed by atoms with E-state index in [-0.39, 0.29) is 5.91 Å². The minimum atomic E-state index is -0.0359. The number of aryl methyl sites for hydroxylation is 4. The summed E-state index contributed by atoms with van der Waals surface area (Å²) in [4.78, 5) is 27.0. The van der Waals surface area contributed by atoms with E-state index < -0.39 is 0 Å². The monoisotopic (exact) mass is 436 g/mol. The van der Waals surface area contributed by atoms with Crippen molar-refractivity contribution >= 4 is 50.9 Å². The lowest BCUT2D eigenvalue weighted by molar-refractivity contribution is -0.115. The van der Waals surface area contributed by atoms with Crippen LogP contribution < -0.4 is 4.90 Å². The Morgan fingerprint density at radius 1 is 1.07 bits per heavy atom. The second kappa shape index (κ2) is 8.24. The Balaban J connectivity index is 1.56. The number of hydrogen-bond donors (Lipinski definition) is 1. The zero-order valence-corrected chi connectivity index (χ0v) is 19.4. The summed E-state index contributed by atoms with van der Waals surface area (Å²) < 4.78 is 0. The Bertz CT molecular complexity index is 1220. The molecule has 4 aromatic rings. The molecule has 0 saturated carbocycles. The lowest BCUT2D eigenvalue weighted by Crippen LogP contribution is -2.24. The number of aromatic nitrogens is 3. The molecule has 0 aliphatic rings. The number of rotatable bonds is 5. The number of carbonyl (C=O) groups is 1. The molecule has 2 aromatic carbocycles. The predicted molar refractivity (Wildman–Crippen MR) is 126 cm³/mol. The van der Waals surface area contributed by atoms with Crippen molar-refractivity contribution in [1.29, 1.82) is 0 Å². The molecule has 0 spiro atoms. The zero-order valence-electron chi connectivity index (χ0n) is 17.7. The van der Waals surface area contributed by atoms with Gasteiger partial charge in [-0.1, -0.05) is 35.5 Å². The summed E-state index contributed by atoms with van der Waals surface area (Å²) in [5, 5.41) is 3.59. The van der Waals surface area contributed by atoms with Crippen LogP contribution in [0.5, 0.6) is 0 Å². The molecule has 0 aliphatic heterocycles. The number of hydrogen-bond acceptors (Lipinski definition) is 5. The first-order chi connectivity index (χ1) is 14.3. The third kappa shape index (κ3) is 4.13. The Hall–Kier alpha value is -2.64. The number of anilines is 2. The van der Waals surface area contributed by atoms with E-state index in [2.05, 4.69) is 48.1 Å². The van der Waals surface area contributed by atoms with Crippen molar-refractivity contribution < 1.29 is 4.79 Å². The van der Waals surface area contributed by atoms with Crippen LogP contribution in [-0.4, -0.2) is 20.9 Å². The number of nitrogens with zero attached hydrogens (tertiary/aromatic N) is 3. The Kier molecular flexibility index (Phi) is 5.66. The zero-order chi connectivity index (χ0) is 21.4. The van der Waals surface area contributed by atoms with Gasteiger partial charge in [0.2, 0.25) is 5.91 Å². The van der Waals surface area contributed by atoms with E-state index in [0.29, 0.717) is 10.9 Å². The molecule has 2 aromatic heterocycles. The van der Waals surface area contributed by atoms with E-state index in [0.717, 1.165) is 38.7 Å². The molecule has 30 heavy (non-hydrogen) atoms. The van der Waals surface area contributed by atoms with Crippen LogP contribution in [0.4, 0.5) is 10.8 Å². The van der Waals surface area contributed by atoms with Gasteiger partial charge in [0.05, 0.1) is 22.4 Å². The third-order valence-electron chi connectivity index (χ3n) is 4.88. The standard InChI is InChI=1S/C23H24N4OS2/c1-13-6-7-19-20(10-13)26-22(25-19)29-11-18-12-30-23(24-18)27(17(5)28)21-15(3)8-14(2)9-16(21)4/h6-10,12H,11H2,1-5H3,(H,25,26). The molecule has 2 heterocycles. The molecule has 4 rings (SSSR count). The van der Waals surface area contributed by atoms with Crippen LogP contribution in [0.3, 0.4) is 0 Å². The number of H-pyrrole nitrogens is 1. The smallest absolute Gasteiger partial charge is 0.230 e. The lowest BCUT2D eigenvalue weighted by atomic mass is 10.0. The molecule has 0 unspecified atom stereocenters. The summed E-state index contributed by atoms with van der Waals surface area (Å²) in [6.07, 6.45) is 0. The highest BCUT2D eigenvalue weighted by molar-refractivity contribution is 7.98. The van der Waals surface area contributed by atoms with Crippen LogP contribution >= 0.6 is 23.1 Å². The number of aromatic amines is 1. The van der Waals surface area contributed by atoms with Crippen LogP contribution in [0.25, 0.3) is 11.0 Å². The van der Waals surface area contributed by atoms with E-state index in [1.807, 2.05) is 25.3 Å². The molecule has 5 nitrogen and oxygen atoms in total. The number of amides is 1. The SMILES string of the molecule is CC(=O)N(c1nc(CSc2nc3ccc(C)cc3[nH]2)cs1)c1c(C)cc(C)cc1C. The van der Waals surface area contributed by atoms with Gasteiger partial charge in [0, 0.05) is 18.1 Å². The first-order valence-corrected chi connectivity index (χ1v) is 11.6. The van der Waals surface area contributed by atoms with Gasteiger partial charge < -0.3 is 4.98 Å². The van der Waals surface area contributed by atoms with Crippen molar-refractivity contribution in [2.24, 2.45) is 0 Å². The average Bonchev–Trinajstić information content (AvgIpc) is 3.28. The van der Waals surface area contributed by atoms with Gasteiger partial charge in [0.1, 0.15) is 0 Å². The topological polar surface area (TPSA) is 61.9 Å². The van der Waals surface area contributed by atoms with Gasteiger partial charge in [-0.25, -0.2) is 9.97 Å². The Labute approximate surface area is 184 Å². The number of benzene rings is 2. The minimum Gasteiger partial charge on any atom is -0.333 e. The van der Waals surface area contributed by atoms with Crippen molar-refractivity contribution in [1.82, 2.24) is 15.0 Å². The second-order valence-corrected chi connectivity index (χ2v) is 9.38. The van der Waals surface area contributed by atoms with Crippen LogP contribution in [0.1, 0.15) is 34.9 Å². The maximum atomic E-state index is 12.5. The molecule has 154 valence electrons. The van der Waals surface area contributed by atoms with Gasteiger partial charge in [-0.2, -0.15) is 0 Å². The van der Waals surface area contributed by atoms with E-state index in [9.17, 15) is 4.79 Å². The van der Waals surface area contributed by atoms with Gasteiger partial charge in [0.15, 0.2) is 10.3 Å². The summed E-state index contributed by atoms with van der Waals surface area (Å²) >= 11 is 3.11. The van der Waals surface area contributed by atoms with Crippen molar-refractivity contribution in [3.8, 4) is 0 Å². The molecule has 1 amide bonds. The van der Waals surface area contributed by atoms with Crippen molar-refractivity contribution in [3.05, 3.63) is 63.7 Å². The van der Waals surface area contributed by atoms with E-state index in [1.54, 1.807) is 23.6 Å². The van der Waals surface area contributed by atoms with Gasteiger partial charge in [-0.05, 0) is 56.5 Å². The Morgan fingerprint density at radius 2 is 1.80 bits per heavy atom. The molecule has 1 N–H and O–H groups in total. The van der Waals surface area contributed by atoms with Gasteiger partial charge >= 0.3 is 0 Å². The van der Waals surface area contributed by atoms with Crippen LogP contribution in [0.2, 0.25) is 0 Å². The second-order valence-electron chi connectivity index (χ2n) is 7.57. The largest absolute Gasteiger partial charge is 0.333 e. The molecule has 0 saturated heterocycles. The molecular weight excluding hydrogens is 412 g/mol. The van der Waals surface area contributed by atoms with E-state index in [1.165, 1.54) is 22.5 Å². The minimum absolute atomic E-state index is 0.0359. The first-order valence-electron chi connectivity index (χ1n) is 9.74. The van der Waals surface area contributed by atoms with Crippen LogP contribution in [0, 0.1) is 27.7 Å². The number of imidazole rings is 1. The summed E-state index contributed by atoms with van der Waals surface area (Å²) in [7, 11) is 0. The number of carbonyl (C=O) groups excluding carboxylic acids is 1. The summed E-state index contributed by atoms with van der Waals surface area (Å²) in [5.41, 5.74) is 8.42. The highest BCUT2D eigenvalue weighted by atomic mass is 32.2. The fraction of sp³-hybridized carbons (Fsp3) is 0.261. The summed E-state index contributed by atoms with van der Waals surface area (Å²) in [5.74, 6) is 0.652. The van der Waals surface area contributed by atoms with Gasteiger partial charge in [0.25, 0.3) is 0 Å². The number of thioether (sulfide) groups is 1. The predicted octanol–water partition coefficient (Wildman–Crippen LogP) is 6.23. The van der Waals surface area contributed by atoms with Crippen molar-refractivity contribution in [2.45, 2.75) is 45.5 Å². The Morgan fingerprint density at radius 3 is 2.50 bits per heavy atom. The maximum absolute atomic E-state index is 12.5. The maximum Gasteiger partial charge on any atom is 0.230 e. The van der Waals surface area contributed by atoms with Crippen LogP contribution in [0.15, 0.2) is 40.9 Å². The molecule has 0 fully saturated rings. The molecule has 0 aliphatic carbocycles. The fourth-order valence-electron chi connectivity index (χ4n) is 3.69. The fourth-order valence-corrected chi connectivity index (χ4v) is 5.44. The van der Waals surface area contributed by atoms with E-state index >= 15 is 0 Å². The highest BCUT2D eigenvalue weighted by Gasteiger charge is 2.22. The van der Waals surface area contributed by atoms with Crippen molar-refractivity contribution in [2.75, 3.05) is 4.90 Å². The number of thiazole rings is 1. The molecular formula is C23H24N4OS2. The molecule has 0 atom stereocenters. The number of fused-ring (bicyclic) bond motifs is 1. The first kappa shape index (κ1) is 20.6.